The summed E-state index contributed by atoms with van der Waals surface area (Å²) in [6, 6.07) is 1.99. The molecule has 0 aromatic heterocycles. The molecule has 2 nitrogen and oxygen atoms in total. The molecule has 2 atom stereocenters. The highest BCUT2D eigenvalue weighted by Gasteiger charge is 2.15. The first-order valence-electron chi connectivity index (χ1n) is 6.20. The van der Waals surface area contributed by atoms with Crippen molar-refractivity contribution in [1.82, 2.24) is 0 Å². The predicted octanol–water partition coefficient (Wildman–Crippen LogP) is 4.25. The van der Waals surface area contributed by atoms with Crippen molar-refractivity contribution in [3.05, 3.63) is 36.5 Å². The number of nitrogens with zero attached hydrogens (tertiary/aromatic N) is 1. The summed E-state index contributed by atoms with van der Waals surface area (Å²) in [7, 11) is 0. The van der Waals surface area contributed by atoms with Crippen molar-refractivity contribution in [3.63, 3.8) is 0 Å². The second-order valence-electron chi connectivity index (χ2n) is 2.76. The average molecular weight is 237 g/mol. The topological polar surface area (TPSA) is 44.0 Å². The van der Waals surface area contributed by atoms with E-state index in [2.05, 4.69) is 6.58 Å². The molecule has 0 fully saturated rings. The van der Waals surface area contributed by atoms with E-state index in [1.165, 1.54) is 0 Å². The summed E-state index contributed by atoms with van der Waals surface area (Å²) < 4.78 is 0. The third-order valence-electron chi connectivity index (χ3n) is 1.74. The van der Waals surface area contributed by atoms with Gasteiger partial charge in [-0.3, -0.25) is 0 Å². The Hall–Kier alpha value is -1.33. The molecule has 0 spiro atoms. The zero-order valence-electron chi connectivity index (χ0n) is 12.1. The summed E-state index contributed by atoms with van der Waals surface area (Å²) in [5.74, 6) is -0.408. The second-order valence-corrected chi connectivity index (χ2v) is 2.76. The monoisotopic (exact) mass is 237 g/mol. The molecule has 0 aromatic rings. The number of aliphatic hydroxyl groups excluding tert-OH is 1. The maximum atomic E-state index is 9.61. The van der Waals surface area contributed by atoms with E-state index in [4.69, 9.17) is 5.26 Å². The van der Waals surface area contributed by atoms with Crippen molar-refractivity contribution >= 4 is 0 Å². The smallest absolute Gasteiger partial charge is 0.0945 e. The number of allylic oxidation sites excluding steroid dienone is 3. The Balaban J connectivity index is -0.000000439. The van der Waals surface area contributed by atoms with Crippen LogP contribution in [0.5, 0.6) is 0 Å². The quantitative estimate of drug-likeness (QED) is 0.743. The molecular weight excluding hydrogens is 210 g/mol. The van der Waals surface area contributed by atoms with Crippen LogP contribution in [0.2, 0.25) is 0 Å². The van der Waals surface area contributed by atoms with Crippen LogP contribution in [0.25, 0.3) is 0 Å². The van der Waals surface area contributed by atoms with Gasteiger partial charge in [-0.15, -0.1) is 0 Å². The maximum Gasteiger partial charge on any atom is 0.0945 e. The first-order chi connectivity index (χ1) is 8.17. The molecule has 0 bridgehead atoms. The van der Waals surface area contributed by atoms with Crippen LogP contribution in [0.15, 0.2) is 36.5 Å². The minimum atomic E-state index is -0.751. The van der Waals surface area contributed by atoms with Gasteiger partial charge in [0, 0.05) is 0 Å². The van der Waals surface area contributed by atoms with E-state index in [0.717, 1.165) is 0 Å². The van der Waals surface area contributed by atoms with Gasteiger partial charge in [-0.25, -0.2) is 0 Å². The molecule has 0 rings (SSSR count). The van der Waals surface area contributed by atoms with Gasteiger partial charge in [0.15, 0.2) is 0 Å². The van der Waals surface area contributed by atoms with Crippen molar-refractivity contribution in [2.45, 2.75) is 47.6 Å². The average Bonchev–Trinajstić information content (AvgIpc) is 2.42. The van der Waals surface area contributed by atoms with E-state index in [0.29, 0.717) is 5.57 Å². The van der Waals surface area contributed by atoms with Crippen LogP contribution in [-0.4, -0.2) is 11.2 Å². The van der Waals surface area contributed by atoms with Crippen molar-refractivity contribution < 1.29 is 5.11 Å². The number of hydrogen-bond donors (Lipinski definition) is 1. The third kappa shape index (κ3) is 10.9. The molecule has 2 heteroatoms. The van der Waals surface area contributed by atoms with Crippen LogP contribution < -0.4 is 0 Å². The van der Waals surface area contributed by atoms with Crippen LogP contribution in [0, 0.1) is 17.2 Å². The first kappa shape index (κ1) is 21.0. The zero-order valence-corrected chi connectivity index (χ0v) is 12.1. The van der Waals surface area contributed by atoms with Gasteiger partial charge < -0.3 is 5.11 Å². The molecule has 0 aliphatic heterocycles. The fraction of sp³-hybridized carbons (Fsp3) is 0.533. The minimum Gasteiger partial charge on any atom is -0.387 e. The van der Waals surface area contributed by atoms with Gasteiger partial charge >= 0.3 is 0 Å². The normalized spacial score (nSPS) is 13.4. The van der Waals surface area contributed by atoms with Gasteiger partial charge in [0.25, 0.3) is 0 Å². The molecule has 17 heavy (non-hydrogen) atoms. The molecular formula is C15H27NO. The second kappa shape index (κ2) is 17.1. The lowest BCUT2D eigenvalue weighted by Crippen LogP contribution is -2.17. The first-order valence-corrected chi connectivity index (χ1v) is 6.20. The lowest BCUT2D eigenvalue weighted by atomic mass is 9.98. The molecule has 0 amide bonds. The van der Waals surface area contributed by atoms with Crippen LogP contribution >= 0.6 is 0 Å². The van der Waals surface area contributed by atoms with Gasteiger partial charge in [-0.1, -0.05) is 58.6 Å². The number of nitriles is 1. The summed E-state index contributed by atoms with van der Waals surface area (Å²) in [5.41, 5.74) is 0.673. The van der Waals surface area contributed by atoms with E-state index in [1.807, 2.05) is 52.8 Å². The van der Waals surface area contributed by atoms with Crippen molar-refractivity contribution in [2.24, 2.45) is 5.92 Å². The minimum absolute atomic E-state index is 0.408. The highest BCUT2D eigenvalue weighted by atomic mass is 16.3. The zero-order chi connectivity index (χ0) is 14.3. The lowest BCUT2D eigenvalue weighted by Gasteiger charge is -2.12. The van der Waals surface area contributed by atoms with Crippen molar-refractivity contribution in [3.8, 4) is 6.07 Å². The molecule has 0 heterocycles. The van der Waals surface area contributed by atoms with Crippen LogP contribution in [0.4, 0.5) is 0 Å². The molecule has 1 N–H and O–H groups in total. The van der Waals surface area contributed by atoms with Crippen molar-refractivity contribution in [1.29, 1.82) is 5.26 Å². The largest absolute Gasteiger partial charge is 0.387 e. The van der Waals surface area contributed by atoms with Crippen LogP contribution in [-0.2, 0) is 0 Å². The van der Waals surface area contributed by atoms with Gasteiger partial charge in [0.2, 0.25) is 0 Å². The molecule has 1 unspecified atom stereocenters. The Labute approximate surface area is 107 Å². The molecule has 0 aliphatic rings. The summed E-state index contributed by atoms with van der Waals surface area (Å²) in [6.07, 6.45) is 6.24. The van der Waals surface area contributed by atoms with Gasteiger partial charge in [0.1, 0.15) is 0 Å². The van der Waals surface area contributed by atoms with Crippen LogP contribution in [0.1, 0.15) is 41.5 Å². The van der Waals surface area contributed by atoms with Gasteiger partial charge in [-0.05, 0) is 19.4 Å². The van der Waals surface area contributed by atoms with Gasteiger partial charge in [0.05, 0.1) is 18.1 Å². The van der Waals surface area contributed by atoms with E-state index < -0.39 is 12.0 Å². The number of hydrogen-bond acceptors (Lipinski definition) is 2. The van der Waals surface area contributed by atoms with Crippen LogP contribution in [0.3, 0.4) is 0 Å². The third-order valence-corrected chi connectivity index (χ3v) is 1.74. The van der Waals surface area contributed by atoms with Gasteiger partial charge in [-0.2, -0.15) is 5.26 Å². The molecule has 0 aliphatic carbocycles. The van der Waals surface area contributed by atoms with E-state index >= 15 is 0 Å². The Morgan fingerprint density at radius 3 is 2.06 bits per heavy atom. The molecule has 0 radical (unpaired) electrons. The number of rotatable bonds is 4. The molecule has 0 aromatic carbocycles. The summed E-state index contributed by atoms with van der Waals surface area (Å²) >= 11 is 0. The summed E-state index contributed by atoms with van der Waals surface area (Å²) in [5, 5.41) is 18.2. The maximum absolute atomic E-state index is 9.61. The number of aliphatic hydroxyl groups is 1. The molecule has 0 saturated carbocycles. The SMILES string of the molecule is C=C/C(=C\C=C/C)C(O)[C@@H](C)C#N.CC.CC. The molecule has 98 valence electrons. The highest BCUT2D eigenvalue weighted by molar-refractivity contribution is 5.27. The predicted molar refractivity (Wildman–Crippen MR) is 76.6 cm³/mol. The summed E-state index contributed by atoms with van der Waals surface area (Å²) in [6.45, 7) is 15.1. The van der Waals surface area contributed by atoms with E-state index in [9.17, 15) is 5.11 Å². The van der Waals surface area contributed by atoms with E-state index in [1.54, 1.807) is 19.1 Å². The fourth-order valence-electron chi connectivity index (χ4n) is 0.854. The highest BCUT2D eigenvalue weighted by Crippen LogP contribution is 2.12. The van der Waals surface area contributed by atoms with E-state index in [-0.39, 0.29) is 0 Å². The Bertz CT molecular complexity index is 259. The van der Waals surface area contributed by atoms with Crippen molar-refractivity contribution in [2.75, 3.05) is 0 Å². The Morgan fingerprint density at radius 1 is 1.29 bits per heavy atom. The Kier molecular flexibility index (Phi) is 21.1. The molecule has 0 saturated heterocycles. The fourth-order valence-corrected chi connectivity index (χ4v) is 0.854. The summed E-state index contributed by atoms with van der Waals surface area (Å²) in [4.78, 5) is 0. The lowest BCUT2D eigenvalue weighted by molar-refractivity contribution is 0.180. The Morgan fingerprint density at radius 2 is 1.76 bits per heavy atom. The standard InChI is InChI=1S/C11H15NO.2C2H6/c1-4-6-7-10(5-2)11(13)9(3)8-12;2*1-2/h4-7,9,11,13H,2H2,1,3H3;2*1-2H3/b6-4-,10-7+;;/t9-,11?;;/m0../s1.